The third kappa shape index (κ3) is 3.48. The van der Waals surface area contributed by atoms with Crippen molar-refractivity contribution in [3.05, 3.63) is 0 Å². The minimum Gasteiger partial charge on any atom is -0.312 e. The first-order valence-electron chi connectivity index (χ1n) is 8.23. The van der Waals surface area contributed by atoms with Gasteiger partial charge < -0.3 is 5.32 Å². The second-order valence-electron chi connectivity index (χ2n) is 5.78. The summed E-state index contributed by atoms with van der Waals surface area (Å²) in [5, 5.41) is 3.86. The smallest absolute Gasteiger partial charge is 0.0362 e. The van der Waals surface area contributed by atoms with Crippen LogP contribution in [-0.4, -0.2) is 36.1 Å². The van der Waals surface area contributed by atoms with Gasteiger partial charge in [-0.25, -0.2) is 0 Å². The van der Waals surface area contributed by atoms with Crippen LogP contribution < -0.4 is 5.32 Å². The van der Waals surface area contributed by atoms with E-state index in [0.29, 0.717) is 11.6 Å². The molecule has 0 amide bonds. The number of rotatable bonds is 9. The molecule has 0 saturated heterocycles. The van der Waals surface area contributed by atoms with E-state index in [4.69, 9.17) is 0 Å². The van der Waals surface area contributed by atoms with Crippen molar-refractivity contribution >= 4 is 0 Å². The maximum Gasteiger partial charge on any atom is 0.0362 e. The van der Waals surface area contributed by atoms with Crippen LogP contribution in [0.3, 0.4) is 0 Å². The molecular weight excluding hydrogens is 220 g/mol. The van der Waals surface area contributed by atoms with Crippen LogP contribution in [0, 0.1) is 0 Å². The van der Waals surface area contributed by atoms with Crippen LogP contribution >= 0.6 is 0 Å². The lowest BCUT2D eigenvalue weighted by atomic mass is 9.83. The highest BCUT2D eigenvalue weighted by Gasteiger charge is 2.43. The van der Waals surface area contributed by atoms with E-state index < -0.39 is 0 Å². The summed E-state index contributed by atoms with van der Waals surface area (Å²) >= 11 is 0. The van der Waals surface area contributed by atoms with Crippen molar-refractivity contribution in [1.82, 2.24) is 10.2 Å². The quantitative estimate of drug-likeness (QED) is 0.673. The summed E-state index contributed by atoms with van der Waals surface area (Å²) in [5.74, 6) is 0. The van der Waals surface area contributed by atoms with Crippen molar-refractivity contribution in [1.29, 1.82) is 0 Å². The fraction of sp³-hybridized carbons (Fsp3) is 1.00. The summed E-state index contributed by atoms with van der Waals surface area (Å²) in [6.45, 7) is 12.8. The highest BCUT2D eigenvalue weighted by Crippen LogP contribution is 2.39. The molecule has 0 bridgehead atoms. The van der Waals surface area contributed by atoms with Gasteiger partial charge in [0.25, 0.3) is 0 Å². The molecule has 2 heteroatoms. The Labute approximate surface area is 115 Å². The lowest BCUT2D eigenvalue weighted by molar-refractivity contribution is 0.0593. The van der Waals surface area contributed by atoms with Crippen molar-refractivity contribution in [2.75, 3.05) is 19.6 Å². The zero-order valence-corrected chi connectivity index (χ0v) is 13.1. The van der Waals surface area contributed by atoms with Crippen molar-refractivity contribution in [2.24, 2.45) is 0 Å². The van der Waals surface area contributed by atoms with E-state index in [2.05, 4.69) is 37.9 Å². The van der Waals surface area contributed by atoms with Crippen LogP contribution in [0.4, 0.5) is 0 Å². The molecule has 18 heavy (non-hydrogen) atoms. The van der Waals surface area contributed by atoms with E-state index >= 15 is 0 Å². The van der Waals surface area contributed by atoms with Gasteiger partial charge in [-0.2, -0.15) is 0 Å². The first-order chi connectivity index (χ1) is 8.75. The Morgan fingerprint density at radius 1 is 1.00 bits per heavy atom. The molecule has 1 N–H and O–H groups in total. The summed E-state index contributed by atoms with van der Waals surface area (Å²) in [7, 11) is 0. The molecule has 0 radical (unpaired) electrons. The van der Waals surface area contributed by atoms with Gasteiger partial charge in [-0.1, -0.05) is 47.0 Å². The van der Waals surface area contributed by atoms with E-state index in [0.717, 1.165) is 0 Å². The van der Waals surface area contributed by atoms with Crippen LogP contribution in [0.15, 0.2) is 0 Å². The van der Waals surface area contributed by atoms with Crippen molar-refractivity contribution in [2.45, 2.75) is 84.2 Å². The first kappa shape index (κ1) is 16.0. The normalized spacial score (nSPS) is 20.5. The molecule has 1 aliphatic rings. The highest BCUT2D eigenvalue weighted by molar-refractivity contribution is 5.03. The molecule has 0 aromatic carbocycles. The van der Waals surface area contributed by atoms with Gasteiger partial charge in [0, 0.05) is 11.6 Å². The van der Waals surface area contributed by atoms with Crippen LogP contribution in [0.25, 0.3) is 0 Å². The molecule has 1 rings (SSSR count). The molecule has 1 aliphatic carbocycles. The standard InChI is InChI=1S/C16H34N2/c1-5-11-15(17-14-6-2)16(12-9-10-13-16)18(7-3)8-4/h15,17H,5-14H2,1-4H3. The summed E-state index contributed by atoms with van der Waals surface area (Å²) in [6.07, 6.45) is 9.51. The Balaban J connectivity index is 2.83. The fourth-order valence-corrected chi connectivity index (χ4v) is 3.89. The monoisotopic (exact) mass is 254 g/mol. The Kier molecular flexibility index (Phi) is 7.25. The molecule has 108 valence electrons. The maximum atomic E-state index is 3.86. The molecule has 0 aromatic heterocycles. The van der Waals surface area contributed by atoms with Gasteiger partial charge in [-0.3, -0.25) is 4.90 Å². The Morgan fingerprint density at radius 3 is 2.06 bits per heavy atom. The van der Waals surface area contributed by atoms with Crippen molar-refractivity contribution in [3.8, 4) is 0 Å². The third-order valence-electron chi connectivity index (χ3n) is 4.73. The van der Waals surface area contributed by atoms with E-state index in [1.165, 1.54) is 64.6 Å². The molecule has 2 nitrogen and oxygen atoms in total. The van der Waals surface area contributed by atoms with Crippen molar-refractivity contribution < 1.29 is 0 Å². The molecule has 1 saturated carbocycles. The molecule has 0 spiro atoms. The third-order valence-corrected chi connectivity index (χ3v) is 4.73. The topological polar surface area (TPSA) is 15.3 Å². The zero-order valence-electron chi connectivity index (χ0n) is 13.1. The minimum atomic E-state index is 0.453. The van der Waals surface area contributed by atoms with Gasteiger partial charge in [0.2, 0.25) is 0 Å². The minimum absolute atomic E-state index is 0.453. The Hall–Kier alpha value is -0.0800. The fourth-order valence-electron chi connectivity index (χ4n) is 3.89. The second kappa shape index (κ2) is 8.16. The summed E-state index contributed by atoms with van der Waals surface area (Å²) < 4.78 is 0. The maximum absolute atomic E-state index is 3.86. The SMILES string of the molecule is CCCNC(CCC)C1(N(CC)CC)CCCC1. The molecule has 0 aromatic rings. The highest BCUT2D eigenvalue weighted by atomic mass is 15.2. The molecule has 1 atom stereocenters. The van der Waals surface area contributed by atoms with Gasteiger partial charge in [0.15, 0.2) is 0 Å². The van der Waals surface area contributed by atoms with Gasteiger partial charge in [-0.15, -0.1) is 0 Å². The molecule has 1 fully saturated rings. The summed E-state index contributed by atoms with van der Waals surface area (Å²) in [6, 6.07) is 0.699. The van der Waals surface area contributed by atoms with Crippen LogP contribution in [-0.2, 0) is 0 Å². The Bertz CT molecular complexity index is 205. The molecule has 1 unspecified atom stereocenters. The van der Waals surface area contributed by atoms with E-state index in [1.54, 1.807) is 0 Å². The summed E-state index contributed by atoms with van der Waals surface area (Å²) in [5.41, 5.74) is 0.453. The number of hydrogen-bond acceptors (Lipinski definition) is 2. The van der Waals surface area contributed by atoms with Gasteiger partial charge in [0.1, 0.15) is 0 Å². The van der Waals surface area contributed by atoms with Gasteiger partial charge in [0.05, 0.1) is 0 Å². The predicted molar refractivity (Wildman–Crippen MR) is 81.1 cm³/mol. The van der Waals surface area contributed by atoms with Crippen LogP contribution in [0.1, 0.15) is 72.6 Å². The second-order valence-corrected chi connectivity index (χ2v) is 5.78. The zero-order chi connectivity index (χ0) is 13.4. The molecular formula is C16H34N2. The first-order valence-corrected chi connectivity index (χ1v) is 8.23. The number of nitrogens with zero attached hydrogens (tertiary/aromatic N) is 1. The van der Waals surface area contributed by atoms with Gasteiger partial charge >= 0.3 is 0 Å². The van der Waals surface area contributed by atoms with E-state index in [1.807, 2.05) is 0 Å². The van der Waals surface area contributed by atoms with E-state index in [9.17, 15) is 0 Å². The number of likely N-dealkylation sites (N-methyl/N-ethyl adjacent to an activating group) is 1. The largest absolute Gasteiger partial charge is 0.312 e. The summed E-state index contributed by atoms with van der Waals surface area (Å²) in [4.78, 5) is 2.74. The van der Waals surface area contributed by atoms with Crippen LogP contribution in [0.2, 0.25) is 0 Å². The average Bonchev–Trinajstić information content (AvgIpc) is 2.86. The lowest BCUT2D eigenvalue weighted by Crippen LogP contribution is -2.60. The Morgan fingerprint density at radius 2 is 1.61 bits per heavy atom. The molecule has 0 aliphatic heterocycles. The predicted octanol–water partition coefficient (Wildman–Crippen LogP) is 3.81. The number of hydrogen-bond donors (Lipinski definition) is 1. The van der Waals surface area contributed by atoms with E-state index in [-0.39, 0.29) is 0 Å². The van der Waals surface area contributed by atoms with Crippen molar-refractivity contribution in [3.63, 3.8) is 0 Å². The van der Waals surface area contributed by atoms with Crippen LogP contribution in [0.5, 0.6) is 0 Å². The number of nitrogens with one attached hydrogen (secondary N) is 1. The van der Waals surface area contributed by atoms with Gasteiger partial charge in [-0.05, 0) is 45.3 Å². The molecule has 0 heterocycles. The lowest BCUT2D eigenvalue weighted by Gasteiger charge is -2.47. The average molecular weight is 254 g/mol.